The van der Waals surface area contributed by atoms with Crippen molar-refractivity contribution < 1.29 is 19.1 Å². The van der Waals surface area contributed by atoms with Gasteiger partial charge in [0.15, 0.2) is 17.8 Å². The van der Waals surface area contributed by atoms with E-state index in [2.05, 4.69) is 4.98 Å². The van der Waals surface area contributed by atoms with Crippen LogP contribution in [-0.4, -0.2) is 21.8 Å². The molecule has 20 heavy (non-hydrogen) atoms. The monoisotopic (exact) mass is 267 g/mol. The van der Waals surface area contributed by atoms with Gasteiger partial charge in [0, 0.05) is 11.1 Å². The summed E-state index contributed by atoms with van der Waals surface area (Å²) in [7, 11) is 0. The Bertz CT molecular complexity index is 802. The van der Waals surface area contributed by atoms with E-state index in [1.807, 2.05) is 0 Å². The third kappa shape index (κ3) is 2.05. The summed E-state index contributed by atoms with van der Waals surface area (Å²) in [6.45, 7) is 0. The lowest BCUT2D eigenvalue weighted by Gasteiger charge is -2.01. The third-order valence-corrected chi connectivity index (χ3v) is 2.99. The summed E-state index contributed by atoms with van der Waals surface area (Å²) < 4.78 is 5.15. The molecule has 0 aliphatic rings. The van der Waals surface area contributed by atoms with E-state index in [1.165, 1.54) is 30.7 Å². The molecular weight excluding hydrogens is 258 g/mol. The fourth-order valence-corrected chi connectivity index (χ4v) is 1.93. The highest BCUT2D eigenvalue weighted by Crippen LogP contribution is 2.17. The van der Waals surface area contributed by atoms with Crippen molar-refractivity contribution in [3.8, 4) is 0 Å². The van der Waals surface area contributed by atoms with Crippen LogP contribution in [0, 0.1) is 0 Å². The summed E-state index contributed by atoms with van der Waals surface area (Å²) in [6.07, 6.45) is 1.32. The number of carboxylic acid groups (broad SMARTS) is 1. The van der Waals surface area contributed by atoms with Crippen LogP contribution in [0.4, 0.5) is 0 Å². The number of hydrogen-bond acceptors (Lipinski definition) is 4. The first-order valence-electron chi connectivity index (χ1n) is 5.86. The predicted octanol–water partition coefficient (Wildman–Crippen LogP) is 2.76. The Labute approximate surface area is 113 Å². The van der Waals surface area contributed by atoms with Crippen LogP contribution in [0.2, 0.25) is 0 Å². The highest BCUT2D eigenvalue weighted by Gasteiger charge is 2.12. The number of aromatic nitrogens is 1. The number of hydrogen-bond donors (Lipinski definition) is 1. The lowest BCUT2D eigenvalue weighted by atomic mass is 10.0. The van der Waals surface area contributed by atoms with Crippen molar-refractivity contribution in [1.29, 1.82) is 0 Å². The van der Waals surface area contributed by atoms with Crippen LogP contribution in [0.25, 0.3) is 11.1 Å². The molecule has 3 rings (SSSR count). The molecule has 0 saturated heterocycles. The van der Waals surface area contributed by atoms with Gasteiger partial charge >= 0.3 is 5.97 Å². The van der Waals surface area contributed by atoms with Gasteiger partial charge in [0.25, 0.3) is 0 Å². The van der Waals surface area contributed by atoms with Gasteiger partial charge in [-0.2, -0.15) is 0 Å². The first-order chi connectivity index (χ1) is 9.65. The Morgan fingerprint density at radius 1 is 0.950 bits per heavy atom. The minimum Gasteiger partial charge on any atom is -0.478 e. The molecule has 0 radical (unpaired) electrons. The van der Waals surface area contributed by atoms with Crippen LogP contribution in [0.1, 0.15) is 26.3 Å². The quantitative estimate of drug-likeness (QED) is 0.738. The number of aromatic carboxylic acids is 1. The summed E-state index contributed by atoms with van der Waals surface area (Å²) in [5.41, 5.74) is 2.26. The molecule has 5 nitrogen and oxygen atoms in total. The Balaban J connectivity index is 1.96. The number of carbonyl (C=O) groups is 2. The number of fused-ring (bicyclic) bond motifs is 1. The van der Waals surface area contributed by atoms with Crippen molar-refractivity contribution in [2.75, 3.05) is 0 Å². The fraction of sp³-hybridized carbons (Fsp3) is 0. The van der Waals surface area contributed by atoms with Crippen LogP contribution in [0.5, 0.6) is 0 Å². The molecule has 0 fully saturated rings. The van der Waals surface area contributed by atoms with Gasteiger partial charge in [-0.3, -0.25) is 4.79 Å². The average Bonchev–Trinajstić information content (AvgIpc) is 2.94. The summed E-state index contributed by atoms with van der Waals surface area (Å²) in [4.78, 5) is 27.0. The Hall–Kier alpha value is -2.95. The average molecular weight is 267 g/mol. The summed E-state index contributed by atoms with van der Waals surface area (Å²) in [5, 5.41) is 8.82. The maximum absolute atomic E-state index is 12.3. The first-order valence-corrected chi connectivity index (χ1v) is 5.86. The SMILES string of the molecule is O=C(O)c1ccc(C(=O)c2ccc3ncoc3c2)cc1. The Morgan fingerprint density at radius 2 is 1.60 bits per heavy atom. The van der Waals surface area contributed by atoms with Gasteiger partial charge in [0.1, 0.15) is 5.52 Å². The lowest BCUT2D eigenvalue weighted by molar-refractivity contribution is 0.0696. The number of benzene rings is 2. The van der Waals surface area contributed by atoms with Crippen molar-refractivity contribution in [2.45, 2.75) is 0 Å². The van der Waals surface area contributed by atoms with E-state index in [1.54, 1.807) is 18.2 Å². The highest BCUT2D eigenvalue weighted by atomic mass is 16.4. The van der Waals surface area contributed by atoms with E-state index in [4.69, 9.17) is 9.52 Å². The van der Waals surface area contributed by atoms with Gasteiger partial charge in [-0.15, -0.1) is 0 Å². The minimum atomic E-state index is -1.02. The van der Waals surface area contributed by atoms with Crippen LogP contribution in [0.15, 0.2) is 53.3 Å². The van der Waals surface area contributed by atoms with Crippen molar-refractivity contribution >= 4 is 22.9 Å². The Morgan fingerprint density at radius 3 is 2.30 bits per heavy atom. The second kappa shape index (κ2) is 4.62. The van der Waals surface area contributed by atoms with Crippen molar-refractivity contribution in [3.05, 3.63) is 65.5 Å². The van der Waals surface area contributed by atoms with E-state index in [0.717, 1.165) is 0 Å². The number of ketones is 1. The predicted molar refractivity (Wildman–Crippen MR) is 70.8 cm³/mol. The molecular formula is C15H9NO4. The molecule has 98 valence electrons. The van der Waals surface area contributed by atoms with E-state index >= 15 is 0 Å². The molecule has 0 atom stereocenters. The highest BCUT2D eigenvalue weighted by molar-refractivity contribution is 6.10. The van der Waals surface area contributed by atoms with Crippen LogP contribution in [0.3, 0.4) is 0 Å². The molecule has 5 heteroatoms. The summed E-state index contributed by atoms with van der Waals surface area (Å²) in [5.74, 6) is -1.22. The molecule has 0 spiro atoms. The van der Waals surface area contributed by atoms with Crippen molar-refractivity contribution in [1.82, 2.24) is 4.98 Å². The Kier molecular flexibility index (Phi) is 2.80. The molecule has 0 unspecified atom stereocenters. The summed E-state index contributed by atoms with van der Waals surface area (Å²) >= 11 is 0. The van der Waals surface area contributed by atoms with Gasteiger partial charge in [-0.1, -0.05) is 12.1 Å². The maximum Gasteiger partial charge on any atom is 0.335 e. The van der Waals surface area contributed by atoms with Gasteiger partial charge < -0.3 is 9.52 Å². The molecule has 1 aromatic heterocycles. The van der Waals surface area contributed by atoms with E-state index in [-0.39, 0.29) is 11.3 Å². The molecule has 0 aliphatic heterocycles. The van der Waals surface area contributed by atoms with E-state index in [9.17, 15) is 9.59 Å². The van der Waals surface area contributed by atoms with Crippen LogP contribution >= 0.6 is 0 Å². The molecule has 0 saturated carbocycles. The number of carboxylic acids is 1. The summed E-state index contributed by atoms with van der Waals surface area (Å²) in [6, 6.07) is 10.8. The maximum atomic E-state index is 12.3. The van der Waals surface area contributed by atoms with Gasteiger partial charge in [-0.05, 0) is 30.3 Å². The van der Waals surface area contributed by atoms with E-state index in [0.29, 0.717) is 22.2 Å². The lowest BCUT2D eigenvalue weighted by Crippen LogP contribution is -2.02. The first kappa shape index (κ1) is 12.1. The van der Waals surface area contributed by atoms with E-state index < -0.39 is 5.97 Å². The van der Waals surface area contributed by atoms with Gasteiger partial charge in [0.05, 0.1) is 5.56 Å². The largest absolute Gasteiger partial charge is 0.478 e. The van der Waals surface area contributed by atoms with Crippen molar-refractivity contribution in [3.63, 3.8) is 0 Å². The van der Waals surface area contributed by atoms with Gasteiger partial charge in [-0.25, -0.2) is 9.78 Å². The molecule has 0 amide bonds. The molecule has 3 aromatic rings. The van der Waals surface area contributed by atoms with Crippen molar-refractivity contribution in [2.24, 2.45) is 0 Å². The second-order valence-corrected chi connectivity index (χ2v) is 4.25. The fourth-order valence-electron chi connectivity index (χ4n) is 1.93. The minimum absolute atomic E-state index is 0.146. The van der Waals surface area contributed by atoms with Crippen LogP contribution < -0.4 is 0 Å². The number of carbonyl (C=O) groups excluding carboxylic acids is 1. The molecule has 0 bridgehead atoms. The molecule has 2 aromatic carbocycles. The number of nitrogens with zero attached hydrogens (tertiary/aromatic N) is 1. The number of oxazole rings is 1. The smallest absolute Gasteiger partial charge is 0.335 e. The second-order valence-electron chi connectivity index (χ2n) is 4.25. The molecule has 1 heterocycles. The zero-order chi connectivity index (χ0) is 14.1. The van der Waals surface area contributed by atoms with Gasteiger partial charge in [0.2, 0.25) is 0 Å². The normalized spacial score (nSPS) is 10.6. The molecule has 0 aliphatic carbocycles. The third-order valence-electron chi connectivity index (χ3n) is 2.99. The topological polar surface area (TPSA) is 80.4 Å². The zero-order valence-corrected chi connectivity index (χ0v) is 10.2. The number of rotatable bonds is 3. The standard InChI is InChI=1S/C15H9NO4/c17-14(9-1-3-10(4-2-9)15(18)19)11-5-6-12-13(7-11)20-8-16-12/h1-8H,(H,18,19). The zero-order valence-electron chi connectivity index (χ0n) is 10.2. The van der Waals surface area contributed by atoms with Crippen LogP contribution in [-0.2, 0) is 0 Å². The molecule has 1 N–H and O–H groups in total.